The number of halogens is 1. The first-order valence-electron chi connectivity index (χ1n) is 8.49. The Bertz CT molecular complexity index is 1170. The summed E-state index contributed by atoms with van der Waals surface area (Å²) in [6, 6.07) is 12.2. The Morgan fingerprint density at radius 2 is 1.63 bits per heavy atom. The monoisotopic (exact) mass is 383 g/mol. The van der Waals surface area contributed by atoms with E-state index in [4.69, 9.17) is 16.9 Å². The molecule has 7 nitrogen and oxygen atoms in total. The smallest absolute Gasteiger partial charge is 0.301 e. The molecule has 3 rings (SSSR count). The molecule has 0 spiro atoms. The molecule has 8 heteroatoms. The fraction of sp³-hybridized carbons (Fsp3) is 0.211. The highest BCUT2D eigenvalue weighted by Gasteiger charge is 2.11. The third kappa shape index (κ3) is 3.39. The summed E-state index contributed by atoms with van der Waals surface area (Å²) in [5.74, 6) is 0. The number of rotatable bonds is 5. The lowest BCUT2D eigenvalue weighted by Crippen LogP contribution is -2.39. The zero-order valence-corrected chi connectivity index (χ0v) is 15.7. The van der Waals surface area contributed by atoms with Crippen LogP contribution in [0.5, 0.6) is 0 Å². The van der Waals surface area contributed by atoms with Crippen LogP contribution in [0.2, 0.25) is 5.02 Å². The molecule has 0 aliphatic heterocycles. The van der Waals surface area contributed by atoms with E-state index >= 15 is 0 Å². The molecule has 0 atom stereocenters. The zero-order valence-electron chi connectivity index (χ0n) is 14.9. The van der Waals surface area contributed by atoms with E-state index in [0.717, 1.165) is 0 Å². The number of benzene rings is 2. The van der Waals surface area contributed by atoms with E-state index in [0.29, 0.717) is 46.0 Å². The topological polar surface area (TPSA) is 91.8 Å². The molecule has 0 fully saturated rings. The van der Waals surface area contributed by atoms with Crippen LogP contribution < -0.4 is 22.1 Å². The molecular formula is C19H18ClN5O2. The predicted octanol–water partition coefficient (Wildman–Crippen LogP) is 3.17. The standard InChI is InChI=1S/C19H18ClN5O2/c1-3-24-17-8-7-13(9-15(17)18(26)25(4-2)19(24)27)22-23-14-6-5-12(11-21)16(20)10-14/h5-10,22-23H,3-4H2,1-2H3. The molecule has 2 N–H and O–H groups in total. The normalized spacial score (nSPS) is 10.6. The lowest BCUT2D eigenvalue weighted by Gasteiger charge is -2.14. The van der Waals surface area contributed by atoms with Gasteiger partial charge in [-0.3, -0.25) is 13.9 Å². The summed E-state index contributed by atoms with van der Waals surface area (Å²) in [6.45, 7) is 4.43. The van der Waals surface area contributed by atoms with Crippen LogP contribution in [0.15, 0.2) is 46.0 Å². The molecular weight excluding hydrogens is 366 g/mol. The second kappa shape index (κ2) is 7.56. The molecule has 27 heavy (non-hydrogen) atoms. The van der Waals surface area contributed by atoms with E-state index in [1.165, 1.54) is 4.57 Å². The Morgan fingerprint density at radius 1 is 1.00 bits per heavy atom. The largest absolute Gasteiger partial charge is 0.331 e. The van der Waals surface area contributed by atoms with Crippen molar-refractivity contribution in [2.24, 2.45) is 0 Å². The Morgan fingerprint density at radius 3 is 2.22 bits per heavy atom. The molecule has 0 saturated heterocycles. The van der Waals surface area contributed by atoms with E-state index < -0.39 is 0 Å². The van der Waals surface area contributed by atoms with Gasteiger partial charge in [0.05, 0.1) is 32.9 Å². The number of hydrazine groups is 1. The minimum Gasteiger partial charge on any atom is -0.301 e. The van der Waals surface area contributed by atoms with Crippen LogP contribution in [0.3, 0.4) is 0 Å². The van der Waals surface area contributed by atoms with Gasteiger partial charge in [0.1, 0.15) is 6.07 Å². The van der Waals surface area contributed by atoms with Crippen molar-refractivity contribution >= 4 is 33.9 Å². The van der Waals surface area contributed by atoms with Gasteiger partial charge in [-0.1, -0.05) is 11.6 Å². The van der Waals surface area contributed by atoms with Gasteiger partial charge in [-0.05, 0) is 50.2 Å². The Labute approximate surface area is 160 Å². The van der Waals surface area contributed by atoms with Gasteiger partial charge in [-0.25, -0.2) is 4.79 Å². The molecule has 2 aromatic carbocycles. The molecule has 1 heterocycles. The third-order valence-electron chi connectivity index (χ3n) is 4.30. The van der Waals surface area contributed by atoms with Crippen molar-refractivity contribution < 1.29 is 0 Å². The van der Waals surface area contributed by atoms with Crippen LogP contribution in [0.1, 0.15) is 19.4 Å². The SMILES string of the molecule is CCn1c(=O)c2cc(NNc3ccc(C#N)c(Cl)c3)ccc2n(CC)c1=O. The maximum absolute atomic E-state index is 12.6. The number of hydrogen-bond donors (Lipinski definition) is 2. The van der Waals surface area contributed by atoms with Crippen molar-refractivity contribution in [3.05, 3.63) is 67.8 Å². The summed E-state index contributed by atoms with van der Waals surface area (Å²) < 4.78 is 2.81. The molecule has 0 saturated carbocycles. The summed E-state index contributed by atoms with van der Waals surface area (Å²) in [4.78, 5) is 25.1. The molecule has 138 valence electrons. The molecule has 0 aliphatic carbocycles. The minimum absolute atomic E-state index is 0.302. The first kappa shape index (κ1) is 18.5. The molecule has 1 aromatic heterocycles. The van der Waals surface area contributed by atoms with Crippen molar-refractivity contribution in [2.45, 2.75) is 26.9 Å². The van der Waals surface area contributed by atoms with Crippen molar-refractivity contribution in [2.75, 3.05) is 10.9 Å². The summed E-state index contributed by atoms with van der Waals surface area (Å²) >= 11 is 6.03. The lowest BCUT2D eigenvalue weighted by atomic mass is 10.2. The van der Waals surface area contributed by atoms with E-state index in [1.807, 2.05) is 13.0 Å². The van der Waals surface area contributed by atoms with Crippen molar-refractivity contribution in [3.8, 4) is 6.07 Å². The van der Waals surface area contributed by atoms with E-state index in [9.17, 15) is 9.59 Å². The van der Waals surface area contributed by atoms with Crippen LogP contribution in [0.25, 0.3) is 10.9 Å². The summed E-state index contributed by atoms with van der Waals surface area (Å²) in [6.07, 6.45) is 0. The number of aromatic nitrogens is 2. The van der Waals surface area contributed by atoms with Crippen molar-refractivity contribution in [3.63, 3.8) is 0 Å². The first-order chi connectivity index (χ1) is 13.0. The van der Waals surface area contributed by atoms with Crippen molar-refractivity contribution in [1.82, 2.24) is 9.13 Å². The number of aryl methyl sites for hydroxylation is 1. The summed E-state index contributed by atoms with van der Waals surface area (Å²) in [5.41, 5.74) is 7.70. The van der Waals surface area contributed by atoms with Crippen LogP contribution >= 0.6 is 11.6 Å². The zero-order chi connectivity index (χ0) is 19.6. The van der Waals surface area contributed by atoms with Crippen LogP contribution in [-0.4, -0.2) is 9.13 Å². The van der Waals surface area contributed by atoms with E-state index in [2.05, 4.69) is 10.9 Å². The van der Waals surface area contributed by atoms with Gasteiger partial charge in [0, 0.05) is 13.1 Å². The average Bonchev–Trinajstić information content (AvgIpc) is 2.67. The van der Waals surface area contributed by atoms with Crippen LogP contribution in [-0.2, 0) is 13.1 Å². The van der Waals surface area contributed by atoms with Gasteiger partial charge in [0.15, 0.2) is 0 Å². The molecule has 0 radical (unpaired) electrons. The number of anilines is 2. The van der Waals surface area contributed by atoms with Crippen LogP contribution in [0, 0.1) is 11.3 Å². The number of nitriles is 1. The third-order valence-corrected chi connectivity index (χ3v) is 4.61. The average molecular weight is 384 g/mol. The molecule has 3 aromatic rings. The van der Waals surface area contributed by atoms with Gasteiger partial charge < -0.3 is 10.9 Å². The van der Waals surface area contributed by atoms with Gasteiger partial charge in [0.2, 0.25) is 0 Å². The highest BCUT2D eigenvalue weighted by Crippen LogP contribution is 2.21. The fourth-order valence-electron chi connectivity index (χ4n) is 2.91. The first-order valence-corrected chi connectivity index (χ1v) is 8.87. The van der Waals surface area contributed by atoms with Crippen molar-refractivity contribution in [1.29, 1.82) is 5.26 Å². The summed E-state index contributed by atoms with van der Waals surface area (Å²) in [7, 11) is 0. The van der Waals surface area contributed by atoms with Crippen LogP contribution in [0.4, 0.5) is 11.4 Å². The molecule has 0 aliphatic rings. The second-order valence-electron chi connectivity index (χ2n) is 5.86. The fourth-order valence-corrected chi connectivity index (χ4v) is 3.14. The van der Waals surface area contributed by atoms with Gasteiger partial charge in [-0.2, -0.15) is 5.26 Å². The number of fused-ring (bicyclic) bond motifs is 1. The Balaban J connectivity index is 1.97. The minimum atomic E-state index is -0.313. The quantitative estimate of drug-likeness (QED) is 0.660. The van der Waals surface area contributed by atoms with Gasteiger partial charge in [0.25, 0.3) is 5.56 Å². The predicted molar refractivity (Wildman–Crippen MR) is 107 cm³/mol. The number of hydrogen-bond acceptors (Lipinski definition) is 5. The number of nitrogens with zero attached hydrogens (tertiary/aromatic N) is 3. The van der Waals surface area contributed by atoms with Gasteiger partial charge >= 0.3 is 5.69 Å². The van der Waals surface area contributed by atoms with Gasteiger partial charge in [-0.15, -0.1) is 0 Å². The van der Waals surface area contributed by atoms with E-state index in [1.54, 1.807) is 47.9 Å². The highest BCUT2D eigenvalue weighted by atomic mass is 35.5. The Hall–Kier alpha value is -3.24. The highest BCUT2D eigenvalue weighted by molar-refractivity contribution is 6.32. The molecule has 0 unspecified atom stereocenters. The molecule has 0 bridgehead atoms. The molecule has 0 amide bonds. The lowest BCUT2D eigenvalue weighted by molar-refractivity contribution is 0.609. The number of nitrogens with one attached hydrogen (secondary N) is 2. The summed E-state index contributed by atoms with van der Waals surface area (Å²) in [5, 5.41) is 9.73. The maximum atomic E-state index is 12.6. The second-order valence-corrected chi connectivity index (χ2v) is 6.27. The Kier molecular flexibility index (Phi) is 5.19. The van der Waals surface area contributed by atoms with E-state index in [-0.39, 0.29) is 11.2 Å². The maximum Gasteiger partial charge on any atom is 0.331 e.